The van der Waals surface area contributed by atoms with Crippen molar-refractivity contribution in [2.75, 3.05) is 19.1 Å². The van der Waals surface area contributed by atoms with E-state index in [0.29, 0.717) is 22.7 Å². The Morgan fingerprint density at radius 1 is 1.16 bits per heavy atom. The molecule has 1 atom stereocenters. The second-order valence-electron chi connectivity index (χ2n) is 5.67. The number of carbonyl (C=O) groups is 1. The van der Waals surface area contributed by atoms with Crippen LogP contribution in [0.5, 0.6) is 11.5 Å². The normalized spacial score (nSPS) is 11.5. The molecule has 2 aromatic rings. The molecule has 0 unspecified atom stereocenters. The average Bonchev–Trinajstić information content (AvgIpc) is 2.68. The van der Waals surface area contributed by atoms with Gasteiger partial charge in [-0.15, -0.1) is 6.58 Å². The summed E-state index contributed by atoms with van der Waals surface area (Å²) in [6.07, 6.45) is 3.57. The number of rotatable bonds is 8. The van der Waals surface area contributed by atoms with Crippen molar-refractivity contribution < 1.29 is 14.3 Å². The Morgan fingerprint density at radius 3 is 2.44 bits per heavy atom. The fraction of sp³-hybridized carbons (Fsp3) is 0.286. The SMILES string of the molecule is C=C[C@H](CCC)N(C(=O)c1ccccc1)c1ccc(OC)cc1OC. The molecule has 1 amide bonds. The first-order valence-electron chi connectivity index (χ1n) is 8.39. The maximum atomic E-state index is 13.2. The molecule has 0 saturated carbocycles. The van der Waals surface area contributed by atoms with E-state index in [9.17, 15) is 4.79 Å². The monoisotopic (exact) mass is 339 g/mol. The van der Waals surface area contributed by atoms with E-state index in [2.05, 4.69) is 13.5 Å². The van der Waals surface area contributed by atoms with Gasteiger partial charge in [0.1, 0.15) is 11.5 Å². The Bertz CT molecular complexity index is 712. The summed E-state index contributed by atoms with van der Waals surface area (Å²) in [4.78, 5) is 15.0. The van der Waals surface area contributed by atoms with Gasteiger partial charge in [-0.2, -0.15) is 0 Å². The van der Waals surface area contributed by atoms with Gasteiger partial charge in [-0.25, -0.2) is 0 Å². The van der Waals surface area contributed by atoms with Gasteiger partial charge in [0.25, 0.3) is 5.91 Å². The molecule has 0 saturated heterocycles. The van der Waals surface area contributed by atoms with Crippen molar-refractivity contribution in [2.24, 2.45) is 0 Å². The maximum Gasteiger partial charge on any atom is 0.258 e. The number of hydrogen-bond donors (Lipinski definition) is 0. The van der Waals surface area contributed by atoms with Crippen LogP contribution in [0.3, 0.4) is 0 Å². The van der Waals surface area contributed by atoms with Crippen LogP contribution in [0.2, 0.25) is 0 Å². The summed E-state index contributed by atoms with van der Waals surface area (Å²) in [5.74, 6) is 1.19. The minimum atomic E-state index is -0.125. The number of nitrogens with zero attached hydrogens (tertiary/aromatic N) is 1. The number of anilines is 1. The van der Waals surface area contributed by atoms with Gasteiger partial charge < -0.3 is 9.47 Å². The highest BCUT2D eigenvalue weighted by atomic mass is 16.5. The van der Waals surface area contributed by atoms with Gasteiger partial charge in [0.05, 0.1) is 25.9 Å². The molecule has 0 N–H and O–H groups in total. The van der Waals surface area contributed by atoms with Gasteiger partial charge in [-0.3, -0.25) is 9.69 Å². The van der Waals surface area contributed by atoms with Crippen molar-refractivity contribution in [1.29, 1.82) is 0 Å². The number of benzene rings is 2. The van der Waals surface area contributed by atoms with Crippen LogP contribution >= 0.6 is 0 Å². The van der Waals surface area contributed by atoms with Crippen molar-refractivity contribution >= 4 is 11.6 Å². The van der Waals surface area contributed by atoms with E-state index in [-0.39, 0.29) is 11.9 Å². The van der Waals surface area contributed by atoms with Gasteiger partial charge >= 0.3 is 0 Å². The maximum absolute atomic E-state index is 13.2. The second-order valence-corrected chi connectivity index (χ2v) is 5.67. The van der Waals surface area contributed by atoms with Crippen LogP contribution in [0.15, 0.2) is 61.2 Å². The third kappa shape index (κ3) is 4.21. The van der Waals surface area contributed by atoms with E-state index in [4.69, 9.17) is 9.47 Å². The number of hydrogen-bond acceptors (Lipinski definition) is 3. The molecular weight excluding hydrogens is 314 g/mol. The van der Waals surface area contributed by atoms with Crippen LogP contribution < -0.4 is 14.4 Å². The summed E-state index contributed by atoms with van der Waals surface area (Å²) in [7, 11) is 3.19. The fourth-order valence-electron chi connectivity index (χ4n) is 2.79. The highest BCUT2D eigenvalue weighted by Gasteiger charge is 2.26. The predicted molar refractivity (Wildman–Crippen MR) is 102 cm³/mol. The fourth-order valence-corrected chi connectivity index (χ4v) is 2.79. The first-order chi connectivity index (χ1) is 12.2. The molecule has 0 heterocycles. The van der Waals surface area contributed by atoms with E-state index < -0.39 is 0 Å². The van der Waals surface area contributed by atoms with E-state index >= 15 is 0 Å². The zero-order valence-corrected chi connectivity index (χ0v) is 15.1. The lowest BCUT2D eigenvalue weighted by molar-refractivity contribution is 0.0979. The molecule has 4 heteroatoms. The highest BCUT2D eigenvalue weighted by molar-refractivity contribution is 6.07. The Hall–Kier alpha value is -2.75. The third-order valence-electron chi connectivity index (χ3n) is 4.07. The van der Waals surface area contributed by atoms with Crippen molar-refractivity contribution in [3.63, 3.8) is 0 Å². The van der Waals surface area contributed by atoms with Crippen LogP contribution in [0, 0.1) is 0 Å². The van der Waals surface area contributed by atoms with Gasteiger partial charge in [-0.05, 0) is 30.7 Å². The topological polar surface area (TPSA) is 38.8 Å². The largest absolute Gasteiger partial charge is 0.497 e. The third-order valence-corrected chi connectivity index (χ3v) is 4.07. The van der Waals surface area contributed by atoms with Crippen molar-refractivity contribution in [2.45, 2.75) is 25.8 Å². The van der Waals surface area contributed by atoms with Gasteiger partial charge in [0.15, 0.2) is 0 Å². The second kappa shape index (κ2) is 8.92. The van der Waals surface area contributed by atoms with Gasteiger partial charge in [0.2, 0.25) is 0 Å². The summed E-state index contributed by atoms with van der Waals surface area (Å²) >= 11 is 0. The number of ether oxygens (including phenoxy) is 2. The molecule has 2 aromatic carbocycles. The lowest BCUT2D eigenvalue weighted by Crippen LogP contribution is -2.39. The highest BCUT2D eigenvalue weighted by Crippen LogP contribution is 2.35. The van der Waals surface area contributed by atoms with Crippen LogP contribution in [0.4, 0.5) is 5.69 Å². The molecule has 25 heavy (non-hydrogen) atoms. The van der Waals surface area contributed by atoms with Crippen LogP contribution in [-0.4, -0.2) is 26.2 Å². The minimum Gasteiger partial charge on any atom is -0.497 e. The number of amides is 1. The molecule has 0 fully saturated rings. The van der Waals surface area contributed by atoms with E-state index in [0.717, 1.165) is 12.8 Å². The van der Waals surface area contributed by atoms with E-state index in [1.165, 1.54) is 0 Å². The molecule has 0 spiro atoms. The quantitative estimate of drug-likeness (QED) is 0.654. The number of carbonyl (C=O) groups excluding carboxylic acids is 1. The summed E-state index contributed by atoms with van der Waals surface area (Å²) in [5.41, 5.74) is 1.33. The van der Waals surface area contributed by atoms with Crippen LogP contribution in [0.1, 0.15) is 30.1 Å². The smallest absolute Gasteiger partial charge is 0.258 e. The summed E-state index contributed by atoms with van der Waals surface area (Å²) < 4.78 is 10.8. The Morgan fingerprint density at radius 2 is 1.88 bits per heavy atom. The Labute approximate surface area is 149 Å². The first kappa shape index (κ1) is 18.6. The molecule has 0 aromatic heterocycles. The Balaban J connectivity index is 2.55. The molecule has 0 bridgehead atoms. The molecule has 0 aliphatic heterocycles. The van der Waals surface area contributed by atoms with E-state index in [1.54, 1.807) is 25.2 Å². The minimum absolute atomic E-state index is 0.0811. The van der Waals surface area contributed by atoms with Gasteiger partial charge in [0, 0.05) is 11.6 Å². The van der Waals surface area contributed by atoms with E-state index in [1.807, 2.05) is 48.5 Å². The number of methoxy groups -OCH3 is 2. The molecule has 0 aliphatic rings. The lowest BCUT2D eigenvalue weighted by atomic mass is 10.1. The molecular formula is C21H25NO3. The van der Waals surface area contributed by atoms with Crippen molar-refractivity contribution in [3.05, 3.63) is 66.7 Å². The zero-order valence-electron chi connectivity index (χ0n) is 15.1. The summed E-state index contributed by atoms with van der Waals surface area (Å²) in [6, 6.07) is 14.6. The standard InChI is InChI=1S/C21H25NO3/c1-5-10-17(6-2)22(21(23)16-11-8-7-9-12-16)19-14-13-18(24-3)15-20(19)25-4/h6-9,11-15,17H,2,5,10H2,1,3-4H3/t17-/m1/s1. The molecule has 132 valence electrons. The van der Waals surface area contributed by atoms with Crippen molar-refractivity contribution in [3.8, 4) is 11.5 Å². The summed E-state index contributed by atoms with van der Waals surface area (Å²) in [6.45, 7) is 6.02. The molecule has 0 radical (unpaired) electrons. The van der Waals surface area contributed by atoms with Crippen molar-refractivity contribution in [1.82, 2.24) is 0 Å². The van der Waals surface area contributed by atoms with Crippen LogP contribution in [0.25, 0.3) is 0 Å². The average molecular weight is 339 g/mol. The lowest BCUT2D eigenvalue weighted by Gasteiger charge is -2.31. The molecule has 4 nitrogen and oxygen atoms in total. The predicted octanol–water partition coefficient (Wildman–Crippen LogP) is 4.71. The summed E-state index contributed by atoms with van der Waals surface area (Å²) in [5, 5.41) is 0. The molecule has 2 rings (SSSR count). The van der Waals surface area contributed by atoms with Gasteiger partial charge in [-0.1, -0.05) is 37.6 Å². The molecule has 0 aliphatic carbocycles. The zero-order chi connectivity index (χ0) is 18.2. The first-order valence-corrected chi connectivity index (χ1v) is 8.39. The van der Waals surface area contributed by atoms with Crippen LogP contribution in [-0.2, 0) is 0 Å². The Kier molecular flexibility index (Phi) is 6.63.